The minimum atomic E-state index is -5.75. The van der Waals surface area contributed by atoms with Crippen molar-refractivity contribution in [3.8, 4) is 5.75 Å². The normalized spacial score (nSPS) is 19.1. The number of benzene rings is 1. The third-order valence-electron chi connectivity index (χ3n) is 2.44. The van der Waals surface area contributed by atoms with Crippen LogP contribution in [0.1, 0.15) is 5.56 Å². The predicted molar refractivity (Wildman–Crippen MR) is 62.1 cm³/mol. The molecule has 1 atom stereocenters. The lowest BCUT2D eigenvalue weighted by molar-refractivity contribution is -0.149. The maximum absolute atomic E-state index is 12.1. The molecule has 1 aromatic carbocycles. The Morgan fingerprint density at radius 1 is 1.19 bits per heavy atom. The Labute approximate surface area is 116 Å². The van der Waals surface area contributed by atoms with Gasteiger partial charge in [0, 0.05) is 11.6 Å². The first-order valence-corrected chi connectivity index (χ1v) is 6.72. The number of carbonyl (C=O) groups excluding carboxylic acids is 1. The molecular formula is C11H7F3O6S. The number of halogens is 3. The molecule has 0 saturated heterocycles. The fourth-order valence-corrected chi connectivity index (χ4v) is 1.97. The van der Waals surface area contributed by atoms with E-state index in [0.717, 1.165) is 18.2 Å². The maximum Gasteiger partial charge on any atom is 0.534 e. The van der Waals surface area contributed by atoms with Crippen LogP contribution < -0.4 is 4.18 Å². The van der Waals surface area contributed by atoms with Crippen molar-refractivity contribution in [2.24, 2.45) is 0 Å². The summed E-state index contributed by atoms with van der Waals surface area (Å²) in [5.41, 5.74) is -5.16. The predicted octanol–water partition coefficient (Wildman–Crippen LogP) is 1.17. The van der Waals surface area contributed by atoms with Gasteiger partial charge in [-0.2, -0.15) is 21.6 Å². The highest BCUT2D eigenvalue weighted by atomic mass is 32.2. The monoisotopic (exact) mass is 324 g/mol. The van der Waals surface area contributed by atoms with Crippen LogP contribution in [-0.4, -0.2) is 31.3 Å². The lowest BCUT2D eigenvalue weighted by Gasteiger charge is -2.11. The van der Waals surface area contributed by atoms with Gasteiger partial charge in [-0.3, -0.25) is 0 Å². The Morgan fingerprint density at radius 3 is 2.19 bits per heavy atom. The van der Waals surface area contributed by atoms with Crippen LogP contribution in [0.15, 0.2) is 30.3 Å². The molecule has 10 heteroatoms. The molecule has 1 heterocycles. The summed E-state index contributed by atoms with van der Waals surface area (Å²) in [6, 6.07) is 4.26. The lowest BCUT2D eigenvalue weighted by atomic mass is 10.1. The smallest absolute Gasteiger partial charge is 0.428 e. The first kappa shape index (κ1) is 15.3. The Morgan fingerprint density at radius 2 is 1.76 bits per heavy atom. The summed E-state index contributed by atoms with van der Waals surface area (Å²) in [7, 11) is -5.75. The second-order valence-electron chi connectivity index (χ2n) is 3.90. The van der Waals surface area contributed by atoms with E-state index >= 15 is 0 Å². The summed E-state index contributed by atoms with van der Waals surface area (Å²) in [4.78, 5) is 10.9. The van der Waals surface area contributed by atoms with E-state index < -0.39 is 33.6 Å². The largest absolute Gasteiger partial charge is 0.534 e. The Balaban J connectivity index is 2.21. The van der Waals surface area contributed by atoms with E-state index in [1.54, 1.807) is 0 Å². The molecule has 1 aromatic rings. The molecule has 0 aliphatic carbocycles. The molecule has 0 bridgehead atoms. The van der Waals surface area contributed by atoms with E-state index in [-0.39, 0.29) is 11.1 Å². The van der Waals surface area contributed by atoms with E-state index in [9.17, 15) is 31.5 Å². The summed E-state index contributed by atoms with van der Waals surface area (Å²) >= 11 is 0. The van der Waals surface area contributed by atoms with Crippen LogP contribution in [0.4, 0.5) is 13.2 Å². The number of ether oxygens (including phenoxy) is 1. The molecule has 0 amide bonds. The molecule has 0 radical (unpaired) electrons. The summed E-state index contributed by atoms with van der Waals surface area (Å²) in [5, 5.41) is 9.39. The van der Waals surface area contributed by atoms with Crippen molar-refractivity contribution in [3.63, 3.8) is 0 Å². The van der Waals surface area contributed by atoms with Crippen LogP contribution in [-0.2, 0) is 19.6 Å². The number of hydrogen-bond donors (Lipinski definition) is 1. The van der Waals surface area contributed by atoms with Crippen LogP contribution in [0.2, 0.25) is 0 Å². The number of esters is 1. The van der Waals surface area contributed by atoms with E-state index in [2.05, 4.69) is 8.92 Å². The number of aliphatic hydroxyl groups excluding tert-OH is 1. The average Bonchev–Trinajstić information content (AvgIpc) is 2.67. The molecule has 0 aromatic heterocycles. The zero-order chi connectivity index (χ0) is 15.8. The first-order chi connectivity index (χ1) is 9.60. The Kier molecular flexibility index (Phi) is 3.68. The van der Waals surface area contributed by atoms with Crippen molar-refractivity contribution >= 4 is 21.7 Å². The van der Waals surface area contributed by atoms with Crippen molar-refractivity contribution in [3.05, 3.63) is 35.9 Å². The number of carbonyl (C=O) groups is 1. The third-order valence-corrected chi connectivity index (χ3v) is 3.42. The standard InChI is InChI=1S/C11H7F3O6S/c12-11(13,14)21(17,18)20-7-3-1-6(2-4-7)8-5-9(15)19-10(8)16/h1-5,10,16H. The zero-order valence-corrected chi connectivity index (χ0v) is 10.8. The molecule has 0 saturated carbocycles. The van der Waals surface area contributed by atoms with Crippen molar-refractivity contribution in [1.82, 2.24) is 0 Å². The van der Waals surface area contributed by atoms with E-state index in [1.165, 1.54) is 12.1 Å². The fourth-order valence-electron chi connectivity index (χ4n) is 1.51. The Hall–Kier alpha value is -2.07. The minimum Gasteiger partial charge on any atom is -0.428 e. The molecule has 21 heavy (non-hydrogen) atoms. The fraction of sp³-hybridized carbons (Fsp3) is 0.182. The van der Waals surface area contributed by atoms with Gasteiger partial charge in [0.2, 0.25) is 6.29 Å². The van der Waals surface area contributed by atoms with Gasteiger partial charge < -0.3 is 14.0 Å². The maximum atomic E-state index is 12.1. The molecule has 6 nitrogen and oxygen atoms in total. The number of hydrogen-bond acceptors (Lipinski definition) is 6. The highest BCUT2D eigenvalue weighted by Gasteiger charge is 2.48. The molecule has 1 N–H and O–H groups in total. The number of rotatable bonds is 3. The molecule has 1 aliphatic rings. The quantitative estimate of drug-likeness (QED) is 0.510. The molecule has 114 valence electrons. The molecule has 0 fully saturated rings. The van der Waals surface area contributed by atoms with Crippen LogP contribution in [0.25, 0.3) is 5.57 Å². The second kappa shape index (κ2) is 5.04. The summed E-state index contributed by atoms with van der Waals surface area (Å²) in [5.74, 6) is -1.33. The van der Waals surface area contributed by atoms with Gasteiger partial charge in [0.05, 0.1) is 0 Å². The van der Waals surface area contributed by atoms with Gasteiger partial charge in [-0.1, -0.05) is 12.1 Å². The van der Waals surface area contributed by atoms with Gasteiger partial charge in [-0.15, -0.1) is 0 Å². The molecular weight excluding hydrogens is 317 g/mol. The first-order valence-electron chi connectivity index (χ1n) is 5.31. The topological polar surface area (TPSA) is 89.9 Å². The van der Waals surface area contributed by atoms with Gasteiger partial charge >= 0.3 is 21.6 Å². The second-order valence-corrected chi connectivity index (χ2v) is 5.43. The highest BCUT2D eigenvalue weighted by molar-refractivity contribution is 7.87. The van der Waals surface area contributed by atoms with Gasteiger partial charge in [0.15, 0.2) is 0 Å². The summed E-state index contributed by atoms with van der Waals surface area (Å²) in [6.45, 7) is 0. The van der Waals surface area contributed by atoms with E-state index in [1.807, 2.05) is 0 Å². The molecule has 0 spiro atoms. The lowest BCUT2D eigenvalue weighted by Crippen LogP contribution is -2.28. The van der Waals surface area contributed by atoms with Gasteiger partial charge in [0.25, 0.3) is 0 Å². The van der Waals surface area contributed by atoms with Gasteiger partial charge in [-0.05, 0) is 17.7 Å². The molecule has 1 unspecified atom stereocenters. The third kappa shape index (κ3) is 3.16. The minimum absolute atomic E-state index is 0.102. The molecule has 2 rings (SSSR count). The molecule has 1 aliphatic heterocycles. The van der Waals surface area contributed by atoms with Crippen molar-refractivity contribution in [1.29, 1.82) is 0 Å². The van der Waals surface area contributed by atoms with Crippen molar-refractivity contribution < 1.29 is 40.4 Å². The van der Waals surface area contributed by atoms with Crippen LogP contribution in [0.3, 0.4) is 0 Å². The van der Waals surface area contributed by atoms with E-state index in [4.69, 9.17) is 0 Å². The van der Waals surface area contributed by atoms with Crippen LogP contribution in [0, 0.1) is 0 Å². The highest BCUT2D eigenvalue weighted by Crippen LogP contribution is 2.29. The number of aliphatic hydroxyl groups is 1. The average molecular weight is 324 g/mol. The summed E-state index contributed by atoms with van der Waals surface area (Å²) in [6.07, 6.45) is -0.476. The number of alkyl halides is 3. The van der Waals surface area contributed by atoms with Crippen molar-refractivity contribution in [2.45, 2.75) is 11.8 Å². The van der Waals surface area contributed by atoms with Crippen LogP contribution >= 0.6 is 0 Å². The van der Waals surface area contributed by atoms with E-state index in [0.29, 0.717) is 0 Å². The SMILES string of the molecule is O=C1C=C(c2ccc(OS(=O)(=O)C(F)(F)F)cc2)C(O)O1. The van der Waals surface area contributed by atoms with Crippen LogP contribution in [0.5, 0.6) is 5.75 Å². The van der Waals surface area contributed by atoms with Gasteiger partial charge in [0.1, 0.15) is 5.75 Å². The van der Waals surface area contributed by atoms with Gasteiger partial charge in [-0.25, -0.2) is 4.79 Å². The zero-order valence-electron chi connectivity index (χ0n) is 9.99. The summed E-state index contributed by atoms with van der Waals surface area (Å²) < 4.78 is 66.3. The Bertz CT molecular complexity index is 690. The number of cyclic esters (lactones) is 1. The van der Waals surface area contributed by atoms with Crippen molar-refractivity contribution in [2.75, 3.05) is 0 Å².